The maximum atomic E-state index is 10.6. The second-order valence-electron chi connectivity index (χ2n) is 6.69. The van der Waals surface area contributed by atoms with Crippen LogP contribution in [0.2, 0.25) is 0 Å². The van der Waals surface area contributed by atoms with Crippen molar-refractivity contribution in [1.29, 1.82) is 0 Å². The molecule has 3 heterocycles. The molecule has 3 rings (SSSR count). The summed E-state index contributed by atoms with van der Waals surface area (Å²) in [5, 5.41) is 13.9. The van der Waals surface area contributed by atoms with Crippen LogP contribution >= 0.6 is 0 Å². The zero-order valence-corrected chi connectivity index (χ0v) is 13.4. The van der Waals surface area contributed by atoms with E-state index in [4.69, 9.17) is 0 Å². The van der Waals surface area contributed by atoms with Gasteiger partial charge in [0.2, 0.25) is 0 Å². The fraction of sp³-hybridized carbons (Fsp3) is 0.706. The molecule has 5 heteroatoms. The summed E-state index contributed by atoms with van der Waals surface area (Å²) in [6.07, 6.45) is 4.90. The van der Waals surface area contributed by atoms with Gasteiger partial charge >= 0.3 is 0 Å². The van der Waals surface area contributed by atoms with Crippen LogP contribution in [0.25, 0.3) is 0 Å². The minimum absolute atomic E-state index is 0.519. The van der Waals surface area contributed by atoms with Crippen LogP contribution in [0.4, 0.5) is 0 Å². The van der Waals surface area contributed by atoms with Gasteiger partial charge in [-0.1, -0.05) is 6.07 Å². The molecule has 22 heavy (non-hydrogen) atoms. The number of hydrogen-bond donors (Lipinski definition) is 2. The van der Waals surface area contributed by atoms with Crippen molar-refractivity contribution in [3.8, 4) is 0 Å². The first-order valence-electron chi connectivity index (χ1n) is 8.51. The molecule has 0 aliphatic carbocycles. The zero-order valence-electron chi connectivity index (χ0n) is 13.4. The predicted octanol–water partition coefficient (Wildman–Crippen LogP) is 0.356. The van der Waals surface area contributed by atoms with Gasteiger partial charge in [-0.15, -0.1) is 0 Å². The van der Waals surface area contributed by atoms with E-state index in [-0.39, 0.29) is 0 Å². The molecular weight excluding hydrogens is 276 g/mol. The number of nitrogens with zero attached hydrogens (tertiary/aromatic N) is 3. The molecule has 1 aromatic rings. The molecule has 0 amide bonds. The number of aromatic nitrogens is 1. The lowest BCUT2D eigenvalue weighted by molar-refractivity contribution is -0.0256. The molecule has 5 nitrogen and oxygen atoms in total. The van der Waals surface area contributed by atoms with Crippen molar-refractivity contribution in [2.75, 3.05) is 52.4 Å². The van der Waals surface area contributed by atoms with Crippen LogP contribution in [0.1, 0.15) is 18.5 Å². The Morgan fingerprint density at radius 1 is 1.18 bits per heavy atom. The third kappa shape index (κ3) is 4.49. The van der Waals surface area contributed by atoms with E-state index in [9.17, 15) is 5.11 Å². The summed E-state index contributed by atoms with van der Waals surface area (Å²) in [4.78, 5) is 9.32. The number of pyridine rings is 1. The van der Waals surface area contributed by atoms with E-state index < -0.39 is 5.60 Å². The Balaban J connectivity index is 1.39. The van der Waals surface area contributed by atoms with Crippen molar-refractivity contribution in [2.24, 2.45) is 0 Å². The van der Waals surface area contributed by atoms with Crippen LogP contribution in [-0.2, 0) is 6.42 Å². The summed E-state index contributed by atoms with van der Waals surface area (Å²) >= 11 is 0. The molecule has 2 aliphatic rings. The molecule has 2 fully saturated rings. The van der Waals surface area contributed by atoms with Gasteiger partial charge in [-0.05, 0) is 31.5 Å². The predicted molar refractivity (Wildman–Crippen MR) is 87.9 cm³/mol. The van der Waals surface area contributed by atoms with Crippen molar-refractivity contribution < 1.29 is 5.11 Å². The Kier molecular flexibility index (Phi) is 5.41. The zero-order chi connectivity index (χ0) is 15.3. The molecule has 0 bridgehead atoms. The van der Waals surface area contributed by atoms with Crippen LogP contribution in [0.3, 0.4) is 0 Å². The smallest absolute Gasteiger partial charge is 0.0898 e. The van der Waals surface area contributed by atoms with Crippen molar-refractivity contribution in [1.82, 2.24) is 20.1 Å². The molecule has 1 unspecified atom stereocenters. The first kappa shape index (κ1) is 15.9. The standard InChI is InChI=1S/C17H28N4O/c22-17(6-3-7-18-14-17)15-21-12-10-20(11-13-21)9-5-16-4-1-2-8-19-16/h1-2,4,8,18,22H,3,5-7,9-15H2. The third-order valence-corrected chi connectivity index (χ3v) is 4.84. The number of β-amino-alcohol motifs (C(OH)–C–C–N with tert-alkyl or cyclic N) is 1. The number of aliphatic hydroxyl groups is 1. The number of hydrogen-bond acceptors (Lipinski definition) is 5. The number of nitrogens with one attached hydrogen (secondary N) is 1. The van der Waals surface area contributed by atoms with Crippen LogP contribution in [-0.4, -0.2) is 77.8 Å². The van der Waals surface area contributed by atoms with E-state index in [0.29, 0.717) is 0 Å². The van der Waals surface area contributed by atoms with Gasteiger partial charge in [0, 0.05) is 64.1 Å². The van der Waals surface area contributed by atoms with Crippen LogP contribution < -0.4 is 5.32 Å². The van der Waals surface area contributed by atoms with E-state index in [1.165, 1.54) is 5.69 Å². The van der Waals surface area contributed by atoms with Gasteiger partial charge in [0.1, 0.15) is 0 Å². The van der Waals surface area contributed by atoms with Gasteiger partial charge < -0.3 is 15.3 Å². The second kappa shape index (κ2) is 7.51. The van der Waals surface area contributed by atoms with Crippen molar-refractivity contribution in [2.45, 2.75) is 24.9 Å². The summed E-state index contributed by atoms with van der Waals surface area (Å²) in [5.74, 6) is 0. The van der Waals surface area contributed by atoms with E-state index in [1.807, 2.05) is 12.3 Å². The highest BCUT2D eigenvalue weighted by Crippen LogP contribution is 2.18. The lowest BCUT2D eigenvalue weighted by Gasteiger charge is -2.41. The fourth-order valence-corrected chi connectivity index (χ4v) is 3.49. The summed E-state index contributed by atoms with van der Waals surface area (Å²) in [6, 6.07) is 6.12. The Morgan fingerprint density at radius 2 is 2.00 bits per heavy atom. The number of rotatable bonds is 5. The Bertz CT molecular complexity index is 439. The molecule has 2 N–H and O–H groups in total. The largest absolute Gasteiger partial charge is 0.387 e. The highest BCUT2D eigenvalue weighted by atomic mass is 16.3. The van der Waals surface area contributed by atoms with Crippen LogP contribution in [0.15, 0.2) is 24.4 Å². The molecule has 2 saturated heterocycles. The van der Waals surface area contributed by atoms with E-state index in [1.54, 1.807) is 0 Å². The van der Waals surface area contributed by atoms with Gasteiger partial charge in [-0.2, -0.15) is 0 Å². The Hall–Kier alpha value is -1.01. The fourth-order valence-electron chi connectivity index (χ4n) is 3.49. The summed E-state index contributed by atoms with van der Waals surface area (Å²) in [6.45, 7) is 7.99. The quantitative estimate of drug-likeness (QED) is 0.822. The first-order chi connectivity index (χ1) is 10.7. The monoisotopic (exact) mass is 304 g/mol. The van der Waals surface area contributed by atoms with E-state index >= 15 is 0 Å². The van der Waals surface area contributed by atoms with Gasteiger partial charge in [0.05, 0.1) is 5.60 Å². The average Bonchev–Trinajstić information content (AvgIpc) is 2.55. The minimum atomic E-state index is -0.519. The minimum Gasteiger partial charge on any atom is -0.387 e. The average molecular weight is 304 g/mol. The molecule has 1 atom stereocenters. The van der Waals surface area contributed by atoms with E-state index in [0.717, 1.165) is 71.6 Å². The lowest BCUT2D eigenvalue weighted by Crippen LogP contribution is -2.56. The van der Waals surface area contributed by atoms with Crippen molar-refractivity contribution in [3.63, 3.8) is 0 Å². The van der Waals surface area contributed by atoms with E-state index in [2.05, 4.69) is 32.2 Å². The van der Waals surface area contributed by atoms with Crippen molar-refractivity contribution in [3.05, 3.63) is 30.1 Å². The van der Waals surface area contributed by atoms with Gasteiger partial charge in [-0.3, -0.25) is 9.88 Å². The Morgan fingerprint density at radius 3 is 2.68 bits per heavy atom. The summed E-state index contributed by atoms with van der Waals surface area (Å²) in [7, 11) is 0. The second-order valence-corrected chi connectivity index (χ2v) is 6.69. The van der Waals surface area contributed by atoms with Crippen molar-refractivity contribution >= 4 is 0 Å². The molecule has 0 aromatic carbocycles. The molecule has 1 aromatic heterocycles. The molecular formula is C17H28N4O. The highest BCUT2D eigenvalue weighted by Gasteiger charge is 2.32. The molecule has 122 valence electrons. The van der Waals surface area contributed by atoms with Gasteiger partial charge in [0.25, 0.3) is 0 Å². The normalized spacial score (nSPS) is 27.9. The third-order valence-electron chi connectivity index (χ3n) is 4.84. The van der Waals surface area contributed by atoms with Crippen LogP contribution in [0, 0.1) is 0 Å². The summed E-state index contributed by atoms with van der Waals surface area (Å²) < 4.78 is 0. The maximum absolute atomic E-state index is 10.6. The Labute approximate surface area is 133 Å². The topological polar surface area (TPSA) is 51.6 Å². The van der Waals surface area contributed by atoms with Crippen LogP contribution in [0.5, 0.6) is 0 Å². The maximum Gasteiger partial charge on any atom is 0.0898 e. The number of piperidine rings is 1. The summed E-state index contributed by atoms with van der Waals surface area (Å²) in [5.41, 5.74) is 0.654. The van der Waals surface area contributed by atoms with Gasteiger partial charge in [-0.25, -0.2) is 0 Å². The van der Waals surface area contributed by atoms with Gasteiger partial charge in [0.15, 0.2) is 0 Å². The molecule has 0 saturated carbocycles. The first-order valence-corrected chi connectivity index (χ1v) is 8.51. The lowest BCUT2D eigenvalue weighted by atomic mass is 9.93. The molecule has 0 spiro atoms. The highest BCUT2D eigenvalue weighted by molar-refractivity contribution is 5.03. The SMILES string of the molecule is OC1(CN2CCN(CCc3ccccn3)CC2)CCCNC1. The molecule has 0 radical (unpaired) electrons. The number of piperazine rings is 1. The molecule has 2 aliphatic heterocycles.